The predicted molar refractivity (Wildman–Crippen MR) is 132 cm³/mol. The van der Waals surface area contributed by atoms with E-state index < -0.39 is 0 Å². The number of ether oxygens (including phenoxy) is 2. The Kier molecular flexibility index (Phi) is 8.45. The lowest BCUT2D eigenvalue weighted by Crippen LogP contribution is -2.26. The molecular weight excluding hydrogens is 420 g/mol. The first-order valence-electron chi connectivity index (χ1n) is 10.6. The van der Waals surface area contributed by atoms with Crippen molar-refractivity contribution in [2.24, 2.45) is 5.73 Å². The Morgan fingerprint density at radius 1 is 1.06 bits per heavy atom. The fourth-order valence-corrected chi connectivity index (χ4v) is 4.47. The summed E-state index contributed by atoms with van der Waals surface area (Å²) in [5.41, 5.74) is 11.0. The number of aryl methyl sites for hydroxylation is 1. The van der Waals surface area contributed by atoms with E-state index in [0.717, 1.165) is 40.2 Å². The van der Waals surface area contributed by atoms with Gasteiger partial charge >= 0.3 is 0 Å². The fraction of sp³-hybridized carbons (Fsp3) is 0.269. The third-order valence-corrected chi connectivity index (χ3v) is 6.27. The summed E-state index contributed by atoms with van der Waals surface area (Å²) >= 11 is 1.54. The summed E-state index contributed by atoms with van der Waals surface area (Å²) in [7, 11) is 3.25. The van der Waals surface area contributed by atoms with Crippen LogP contribution >= 0.6 is 11.8 Å². The number of nitrogens with two attached hydrogens (primary N) is 1. The maximum Gasteiger partial charge on any atom is 0.255 e. The van der Waals surface area contributed by atoms with Crippen molar-refractivity contribution in [3.05, 3.63) is 93.6 Å². The van der Waals surface area contributed by atoms with Gasteiger partial charge in [-0.3, -0.25) is 4.79 Å². The number of benzene rings is 2. The van der Waals surface area contributed by atoms with Crippen molar-refractivity contribution in [1.29, 1.82) is 0 Å². The fourth-order valence-electron chi connectivity index (χ4n) is 3.55. The quantitative estimate of drug-likeness (QED) is 0.530. The van der Waals surface area contributed by atoms with Gasteiger partial charge in [0.25, 0.3) is 5.91 Å². The smallest absolute Gasteiger partial charge is 0.255 e. The molecule has 0 unspecified atom stereocenters. The molecule has 2 aromatic carbocycles. The molecule has 0 fully saturated rings. The van der Waals surface area contributed by atoms with Crippen LogP contribution in [0.15, 0.2) is 76.9 Å². The Morgan fingerprint density at radius 3 is 2.50 bits per heavy atom. The van der Waals surface area contributed by atoms with Crippen LogP contribution in [0.3, 0.4) is 0 Å². The van der Waals surface area contributed by atoms with Gasteiger partial charge in [-0.25, -0.2) is 0 Å². The van der Waals surface area contributed by atoms with Crippen LogP contribution in [0.4, 0.5) is 0 Å². The zero-order valence-electron chi connectivity index (χ0n) is 18.8. The lowest BCUT2D eigenvalue weighted by Gasteiger charge is -2.16. The van der Waals surface area contributed by atoms with E-state index >= 15 is 0 Å². The first-order chi connectivity index (χ1) is 15.5. The summed E-state index contributed by atoms with van der Waals surface area (Å²) in [5.74, 6) is 1.73. The minimum atomic E-state index is -0.136. The molecule has 2 aromatic rings. The molecule has 32 heavy (non-hydrogen) atoms. The number of hydrogen-bond acceptors (Lipinski definition) is 5. The summed E-state index contributed by atoms with van der Waals surface area (Å²) in [4.78, 5) is 13.7. The molecule has 0 aliphatic heterocycles. The highest BCUT2D eigenvalue weighted by Gasteiger charge is 2.18. The van der Waals surface area contributed by atoms with E-state index in [-0.39, 0.29) is 5.91 Å². The standard InChI is InChI=1S/C26H30N2O3S/c1-18-15-20(13-14-22(18)30-2)25(27)24(16-19-9-5-4-6-10-19)32-17-28-26(29)21-11-7-8-12-23(21)31-3/h4-6,9-15H,7-8,16-17,27H2,1-3H3,(H,28,29)/b25-24-. The molecule has 0 saturated heterocycles. The summed E-state index contributed by atoms with van der Waals surface area (Å²) in [6.45, 7) is 2.00. The minimum absolute atomic E-state index is 0.136. The van der Waals surface area contributed by atoms with Crippen LogP contribution in [-0.4, -0.2) is 26.0 Å². The zero-order valence-corrected chi connectivity index (χ0v) is 19.6. The van der Waals surface area contributed by atoms with Crippen LogP contribution in [0.2, 0.25) is 0 Å². The Hall–Kier alpha value is -3.12. The normalized spacial score (nSPS) is 14.1. The van der Waals surface area contributed by atoms with Crippen molar-refractivity contribution in [2.75, 3.05) is 20.1 Å². The molecule has 0 saturated carbocycles. The Morgan fingerprint density at radius 2 is 1.81 bits per heavy atom. The van der Waals surface area contributed by atoms with Gasteiger partial charge in [0.1, 0.15) is 11.5 Å². The highest BCUT2D eigenvalue weighted by Crippen LogP contribution is 2.29. The number of allylic oxidation sites excluding steroid dienone is 3. The molecule has 0 heterocycles. The number of amides is 1. The second-order valence-corrected chi connectivity index (χ2v) is 8.52. The molecule has 0 radical (unpaired) electrons. The maximum absolute atomic E-state index is 12.7. The van der Waals surface area contributed by atoms with E-state index in [1.54, 1.807) is 26.0 Å². The molecule has 0 atom stereocenters. The topological polar surface area (TPSA) is 73.6 Å². The molecule has 168 valence electrons. The van der Waals surface area contributed by atoms with Crippen LogP contribution in [0.1, 0.15) is 29.5 Å². The van der Waals surface area contributed by atoms with Crippen LogP contribution in [0.5, 0.6) is 5.75 Å². The second kappa shape index (κ2) is 11.5. The van der Waals surface area contributed by atoms with Gasteiger partial charge in [0.15, 0.2) is 0 Å². The molecular formula is C26H30N2O3S. The SMILES string of the molecule is COC1=CCCC=C1C(=O)NCS/C(Cc1ccccc1)=C(\N)c1ccc(OC)c(C)c1. The van der Waals surface area contributed by atoms with E-state index in [4.69, 9.17) is 15.2 Å². The lowest BCUT2D eigenvalue weighted by molar-refractivity contribution is -0.117. The molecule has 0 bridgehead atoms. The van der Waals surface area contributed by atoms with Gasteiger partial charge in [-0.1, -0.05) is 36.4 Å². The molecule has 3 N–H and O–H groups in total. The minimum Gasteiger partial charge on any atom is -0.496 e. The van der Waals surface area contributed by atoms with E-state index in [1.807, 2.05) is 55.5 Å². The number of methoxy groups -OCH3 is 2. The Labute approximate surface area is 194 Å². The highest BCUT2D eigenvalue weighted by molar-refractivity contribution is 8.03. The third kappa shape index (κ3) is 5.98. The first-order valence-corrected chi connectivity index (χ1v) is 11.5. The molecule has 3 rings (SSSR count). The van der Waals surface area contributed by atoms with Crippen molar-refractivity contribution in [3.63, 3.8) is 0 Å². The monoisotopic (exact) mass is 450 g/mol. The highest BCUT2D eigenvalue weighted by atomic mass is 32.2. The maximum atomic E-state index is 12.7. The van der Waals surface area contributed by atoms with E-state index in [1.165, 1.54) is 0 Å². The van der Waals surface area contributed by atoms with Gasteiger partial charge in [-0.2, -0.15) is 0 Å². The van der Waals surface area contributed by atoms with Crippen LogP contribution in [0.25, 0.3) is 5.70 Å². The van der Waals surface area contributed by atoms with Crippen LogP contribution in [0, 0.1) is 6.92 Å². The Balaban J connectivity index is 1.78. The number of carbonyl (C=O) groups excluding carboxylic acids is 1. The molecule has 0 spiro atoms. The van der Waals surface area contributed by atoms with Gasteiger partial charge in [0, 0.05) is 17.0 Å². The van der Waals surface area contributed by atoms with Crippen molar-refractivity contribution in [3.8, 4) is 5.75 Å². The van der Waals surface area contributed by atoms with Gasteiger partial charge < -0.3 is 20.5 Å². The molecule has 1 amide bonds. The van der Waals surface area contributed by atoms with Crippen molar-refractivity contribution in [2.45, 2.75) is 26.2 Å². The largest absolute Gasteiger partial charge is 0.496 e. The number of carbonyl (C=O) groups is 1. The molecule has 1 aliphatic rings. The van der Waals surface area contributed by atoms with Gasteiger partial charge in [-0.15, -0.1) is 11.8 Å². The van der Waals surface area contributed by atoms with E-state index in [2.05, 4.69) is 17.4 Å². The summed E-state index contributed by atoms with van der Waals surface area (Å²) in [5, 5.41) is 2.99. The average molecular weight is 451 g/mol. The summed E-state index contributed by atoms with van der Waals surface area (Å²) in [6.07, 6.45) is 6.28. The Bertz CT molecular complexity index is 1040. The van der Waals surface area contributed by atoms with Gasteiger partial charge in [-0.05, 0) is 60.7 Å². The van der Waals surface area contributed by atoms with Crippen molar-refractivity contribution >= 4 is 23.4 Å². The predicted octanol–water partition coefficient (Wildman–Crippen LogP) is 4.93. The molecule has 0 aromatic heterocycles. The zero-order chi connectivity index (χ0) is 22.9. The van der Waals surface area contributed by atoms with E-state index in [0.29, 0.717) is 29.3 Å². The molecule has 6 heteroatoms. The van der Waals surface area contributed by atoms with E-state index in [9.17, 15) is 4.79 Å². The van der Waals surface area contributed by atoms with Gasteiger partial charge in [0.2, 0.25) is 0 Å². The number of thioether (sulfide) groups is 1. The number of nitrogens with one attached hydrogen (secondary N) is 1. The summed E-state index contributed by atoms with van der Waals surface area (Å²) < 4.78 is 10.7. The van der Waals surface area contributed by atoms with Crippen LogP contribution < -0.4 is 15.8 Å². The average Bonchev–Trinajstić information content (AvgIpc) is 2.83. The first kappa shape index (κ1) is 23.5. The summed E-state index contributed by atoms with van der Waals surface area (Å²) in [6, 6.07) is 16.1. The van der Waals surface area contributed by atoms with Crippen molar-refractivity contribution in [1.82, 2.24) is 5.32 Å². The molecule has 1 aliphatic carbocycles. The van der Waals surface area contributed by atoms with Crippen LogP contribution in [-0.2, 0) is 16.0 Å². The number of hydrogen-bond donors (Lipinski definition) is 2. The molecule has 5 nitrogen and oxygen atoms in total. The van der Waals surface area contributed by atoms with Crippen molar-refractivity contribution < 1.29 is 14.3 Å². The third-order valence-electron chi connectivity index (χ3n) is 5.27. The second-order valence-electron chi connectivity index (χ2n) is 7.45. The lowest BCUT2D eigenvalue weighted by atomic mass is 10.0. The van der Waals surface area contributed by atoms with Gasteiger partial charge in [0.05, 0.1) is 25.7 Å². The number of rotatable bonds is 9.